The third-order valence-electron chi connectivity index (χ3n) is 7.83. The fraction of sp³-hybridized carbons (Fsp3) is 0.286. The zero-order valence-electron chi connectivity index (χ0n) is 27.3. The third-order valence-corrected chi connectivity index (χ3v) is 7.83. The summed E-state index contributed by atoms with van der Waals surface area (Å²) in [4.78, 5) is 5.04. The number of hydrogen-bond donors (Lipinski definition) is 0. The average molecular weight is 583 g/mol. The van der Waals surface area contributed by atoms with Gasteiger partial charge in [0.25, 0.3) is 0 Å². The smallest absolute Gasteiger partial charge is 0.0372 e. The first-order chi connectivity index (χ1) is 21.7. The summed E-state index contributed by atoms with van der Waals surface area (Å²) in [5.74, 6) is 0. The minimum Gasteiger partial charge on any atom is -0.372 e. The Bertz CT molecular complexity index is 1380. The molecule has 0 spiro atoms. The van der Waals surface area contributed by atoms with E-state index in [-0.39, 0.29) is 0 Å². The standard InChI is InChI=1S/C42H50N2/c1-5-29-43(30-6-2)39-25-17-23-37(33-39)42(38-24-18-26-40(34-38)44(31-7-3)32-8-4)28-16-15-27-41(35-19-11-9-12-20-35)36-21-13-10-14-22-36/h9-28,33-34H,5-8,29-32H2,1-4H3/b16-15+. The van der Waals surface area contributed by atoms with Gasteiger partial charge in [-0.05, 0) is 83.3 Å². The molecule has 0 saturated heterocycles. The first kappa shape index (κ1) is 32.6. The van der Waals surface area contributed by atoms with E-state index in [4.69, 9.17) is 0 Å². The van der Waals surface area contributed by atoms with Gasteiger partial charge in [-0.1, -0.05) is 137 Å². The predicted molar refractivity (Wildman–Crippen MR) is 195 cm³/mol. The number of rotatable bonds is 16. The van der Waals surface area contributed by atoms with Gasteiger partial charge in [-0.3, -0.25) is 0 Å². The zero-order valence-corrected chi connectivity index (χ0v) is 27.3. The lowest BCUT2D eigenvalue weighted by Gasteiger charge is -2.25. The number of anilines is 2. The van der Waals surface area contributed by atoms with Gasteiger partial charge in [-0.15, -0.1) is 0 Å². The van der Waals surface area contributed by atoms with Gasteiger partial charge in [-0.25, -0.2) is 0 Å². The van der Waals surface area contributed by atoms with E-state index in [0.717, 1.165) is 51.9 Å². The Morgan fingerprint density at radius 3 is 1.14 bits per heavy atom. The highest BCUT2D eigenvalue weighted by molar-refractivity contribution is 5.84. The van der Waals surface area contributed by atoms with Gasteiger partial charge < -0.3 is 9.80 Å². The monoisotopic (exact) mass is 582 g/mol. The van der Waals surface area contributed by atoms with Crippen LogP contribution >= 0.6 is 0 Å². The lowest BCUT2D eigenvalue weighted by Crippen LogP contribution is -2.25. The van der Waals surface area contributed by atoms with Crippen molar-refractivity contribution >= 4 is 22.5 Å². The molecular weight excluding hydrogens is 532 g/mol. The molecule has 0 radical (unpaired) electrons. The summed E-state index contributed by atoms with van der Waals surface area (Å²) in [5, 5.41) is 0. The van der Waals surface area contributed by atoms with Gasteiger partial charge in [0.05, 0.1) is 0 Å². The minimum absolute atomic E-state index is 1.07. The second-order valence-corrected chi connectivity index (χ2v) is 11.4. The fourth-order valence-electron chi connectivity index (χ4n) is 5.82. The van der Waals surface area contributed by atoms with Crippen LogP contribution in [-0.2, 0) is 0 Å². The van der Waals surface area contributed by atoms with Crippen molar-refractivity contribution in [2.75, 3.05) is 36.0 Å². The molecule has 0 bridgehead atoms. The molecule has 0 saturated carbocycles. The molecule has 0 aliphatic carbocycles. The van der Waals surface area contributed by atoms with Crippen molar-refractivity contribution in [2.45, 2.75) is 53.4 Å². The van der Waals surface area contributed by atoms with Crippen LogP contribution in [0.1, 0.15) is 75.6 Å². The molecule has 0 N–H and O–H groups in total. The Labute approximate surface area is 267 Å². The Kier molecular flexibility index (Phi) is 13.1. The van der Waals surface area contributed by atoms with E-state index in [0.29, 0.717) is 0 Å². The molecule has 0 aliphatic rings. The maximum absolute atomic E-state index is 2.52. The first-order valence-corrected chi connectivity index (χ1v) is 16.6. The average Bonchev–Trinajstić information content (AvgIpc) is 3.07. The van der Waals surface area contributed by atoms with Gasteiger partial charge in [-0.2, -0.15) is 0 Å². The topological polar surface area (TPSA) is 6.48 Å². The number of hydrogen-bond acceptors (Lipinski definition) is 2. The predicted octanol–water partition coefficient (Wildman–Crippen LogP) is 11.1. The molecule has 0 atom stereocenters. The van der Waals surface area contributed by atoms with E-state index in [1.165, 1.54) is 44.8 Å². The molecule has 0 fully saturated rings. The quantitative estimate of drug-likeness (QED) is 0.121. The number of benzene rings is 4. The summed E-state index contributed by atoms with van der Waals surface area (Å²) in [6.07, 6.45) is 13.5. The van der Waals surface area contributed by atoms with Crippen LogP contribution in [0.5, 0.6) is 0 Å². The Balaban J connectivity index is 1.79. The Morgan fingerprint density at radius 2 is 0.773 bits per heavy atom. The van der Waals surface area contributed by atoms with Crippen molar-refractivity contribution in [3.8, 4) is 0 Å². The molecule has 4 aromatic carbocycles. The van der Waals surface area contributed by atoms with Crippen molar-refractivity contribution in [3.63, 3.8) is 0 Å². The summed E-state index contributed by atoms with van der Waals surface area (Å²) < 4.78 is 0. The molecule has 2 nitrogen and oxygen atoms in total. The van der Waals surface area contributed by atoms with Crippen molar-refractivity contribution in [1.29, 1.82) is 0 Å². The van der Waals surface area contributed by atoms with Gasteiger partial charge in [0, 0.05) is 37.6 Å². The molecule has 228 valence electrons. The minimum atomic E-state index is 1.07. The molecule has 0 unspecified atom stereocenters. The molecule has 44 heavy (non-hydrogen) atoms. The van der Waals surface area contributed by atoms with Gasteiger partial charge in [0.1, 0.15) is 0 Å². The highest BCUT2D eigenvalue weighted by Crippen LogP contribution is 2.30. The number of allylic oxidation sites excluding steroid dienone is 4. The van der Waals surface area contributed by atoms with Crippen molar-refractivity contribution in [1.82, 2.24) is 0 Å². The van der Waals surface area contributed by atoms with E-state index in [1.54, 1.807) is 0 Å². The second-order valence-electron chi connectivity index (χ2n) is 11.4. The second kappa shape index (κ2) is 17.7. The molecular formula is C42H50N2. The molecule has 0 aliphatic heterocycles. The summed E-state index contributed by atoms with van der Waals surface area (Å²) in [5.41, 5.74) is 9.96. The van der Waals surface area contributed by atoms with Crippen LogP contribution in [0.15, 0.2) is 133 Å². The zero-order chi connectivity index (χ0) is 31.0. The third kappa shape index (κ3) is 9.10. The summed E-state index contributed by atoms with van der Waals surface area (Å²) in [6, 6.07) is 39.5. The van der Waals surface area contributed by atoms with Crippen LogP contribution < -0.4 is 9.80 Å². The summed E-state index contributed by atoms with van der Waals surface area (Å²) in [6.45, 7) is 13.3. The molecule has 0 heterocycles. The lowest BCUT2D eigenvalue weighted by atomic mass is 9.95. The van der Waals surface area contributed by atoms with Crippen LogP contribution in [0.4, 0.5) is 11.4 Å². The van der Waals surface area contributed by atoms with Crippen LogP contribution in [0.3, 0.4) is 0 Å². The first-order valence-electron chi connectivity index (χ1n) is 16.6. The Hall–Kier alpha value is -4.30. The lowest BCUT2D eigenvalue weighted by molar-refractivity contribution is 0.744. The van der Waals surface area contributed by atoms with E-state index in [1.807, 2.05) is 0 Å². The fourth-order valence-corrected chi connectivity index (χ4v) is 5.82. The largest absolute Gasteiger partial charge is 0.372 e. The van der Waals surface area contributed by atoms with Gasteiger partial charge >= 0.3 is 0 Å². The van der Waals surface area contributed by atoms with Crippen LogP contribution in [-0.4, -0.2) is 26.2 Å². The SMILES string of the molecule is CCCN(CCC)c1cccc(C(=C/C=C/C=C(c2ccccc2)c2ccccc2)c2cccc(N(CCC)CCC)c2)c1. The van der Waals surface area contributed by atoms with E-state index < -0.39 is 0 Å². The van der Waals surface area contributed by atoms with Crippen LogP contribution in [0, 0.1) is 0 Å². The molecule has 0 aromatic heterocycles. The summed E-state index contributed by atoms with van der Waals surface area (Å²) >= 11 is 0. The van der Waals surface area contributed by atoms with E-state index in [2.05, 4.69) is 171 Å². The highest BCUT2D eigenvalue weighted by atomic mass is 15.1. The van der Waals surface area contributed by atoms with Crippen molar-refractivity contribution < 1.29 is 0 Å². The highest BCUT2D eigenvalue weighted by Gasteiger charge is 2.12. The van der Waals surface area contributed by atoms with Gasteiger partial charge in [0.2, 0.25) is 0 Å². The molecule has 2 heteroatoms. The number of nitrogens with zero attached hydrogens (tertiary/aromatic N) is 2. The van der Waals surface area contributed by atoms with Crippen LogP contribution in [0.2, 0.25) is 0 Å². The summed E-state index contributed by atoms with van der Waals surface area (Å²) in [7, 11) is 0. The van der Waals surface area contributed by atoms with Gasteiger partial charge in [0.15, 0.2) is 0 Å². The molecule has 0 amide bonds. The molecule has 4 rings (SSSR count). The van der Waals surface area contributed by atoms with E-state index in [9.17, 15) is 0 Å². The van der Waals surface area contributed by atoms with Crippen molar-refractivity contribution in [2.24, 2.45) is 0 Å². The maximum atomic E-state index is 2.52. The Morgan fingerprint density at radius 1 is 0.432 bits per heavy atom. The maximum Gasteiger partial charge on any atom is 0.0372 e. The normalized spacial score (nSPS) is 10.9. The van der Waals surface area contributed by atoms with E-state index >= 15 is 0 Å². The van der Waals surface area contributed by atoms with Crippen LogP contribution in [0.25, 0.3) is 11.1 Å². The van der Waals surface area contributed by atoms with Crippen molar-refractivity contribution in [3.05, 3.63) is 156 Å². The molecule has 4 aromatic rings.